The van der Waals surface area contributed by atoms with Crippen LogP contribution in [-0.2, 0) is 0 Å². The monoisotopic (exact) mass is 256 g/mol. The second-order valence-corrected chi connectivity index (χ2v) is 4.58. The van der Waals surface area contributed by atoms with E-state index >= 15 is 0 Å². The Labute approximate surface area is 110 Å². The summed E-state index contributed by atoms with van der Waals surface area (Å²) in [7, 11) is 0. The fourth-order valence-electron chi connectivity index (χ4n) is 2.53. The van der Waals surface area contributed by atoms with E-state index in [-0.39, 0.29) is 11.6 Å². The minimum Gasteiger partial charge on any atom is -0.309 e. The molecule has 1 atom stereocenters. The van der Waals surface area contributed by atoms with Crippen LogP contribution in [0.3, 0.4) is 0 Å². The highest BCUT2D eigenvalue weighted by Gasteiger charge is 2.21. The zero-order valence-electron chi connectivity index (χ0n) is 10.3. The number of aromatic nitrogens is 2. The van der Waals surface area contributed by atoms with Gasteiger partial charge in [0.2, 0.25) is 0 Å². The van der Waals surface area contributed by atoms with E-state index in [1.165, 1.54) is 6.07 Å². The number of hydrogen-bond acceptors (Lipinski definition) is 3. The molecular weight excluding hydrogens is 243 g/mol. The Bertz CT molecular complexity index is 635. The van der Waals surface area contributed by atoms with Crippen LogP contribution < -0.4 is 5.32 Å². The van der Waals surface area contributed by atoms with Crippen LogP contribution in [0.25, 0.3) is 5.69 Å². The molecule has 0 radical (unpaired) electrons. The van der Waals surface area contributed by atoms with Gasteiger partial charge in [-0.3, -0.25) is 0 Å². The quantitative estimate of drug-likeness (QED) is 0.897. The van der Waals surface area contributed by atoms with Gasteiger partial charge in [0.1, 0.15) is 17.4 Å². The molecule has 1 N–H and O–H groups in total. The van der Waals surface area contributed by atoms with Crippen molar-refractivity contribution in [3.05, 3.63) is 47.8 Å². The highest BCUT2D eigenvalue weighted by molar-refractivity contribution is 5.50. The van der Waals surface area contributed by atoms with Gasteiger partial charge in [-0.05, 0) is 31.5 Å². The average Bonchev–Trinajstić information content (AvgIpc) is 3.09. The molecule has 1 aliphatic heterocycles. The van der Waals surface area contributed by atoms with Crippen molar-refractivity contribution in [2.24, 2.45) is 0 Å². The van der Waals surface area contributed by atoms with E-state index in [4.69, 9.17) is 5.26 Å². The molecule has 0 amide bonds. The van der Waals surface area contributed by atoms with Crippen LogP contribution in [0.15, 0.2) is 30.7 Å². The van der Waals surface area contributed by atoms with Crippen LogP contribution in [0.1, 0.15) is 30.1 Å². The average molecular weight is 256 g/mol. The summed E-state index contributed by atoms with van der Waals surface area (Å²) in [5.41, 5.74) is 1.57. The molecule has 5 heteroatoms. The Morgan fingerprint density at radius 2 is 2.37 bits per heavy atom. The lowest BCUT2D eigenvalue weighted by Crippen LogP contribution is -2.16. The van der Waals surface area contributed by atoms with Gasteiger partial charge in [-0.1, -0.05) is 6.07 Å². The van der Waals surface area contributed by atoms with E-state index < -0.39 is 5.82 Å². The van der Waals surface area contributed by atoms with Crippen LogP contribution in [0, 0.1) is 17.1 Å². The molecule has 1 fully saturated rings. The Hall–Kier alpha value is -2.19. The Morgan fingerprint density at radius 3 is 3.11 bits per heavy atom. The maximum absolute atomic E-state index is 13.7. The number of hydrogen-bond donors (Lipinski definition) is 1. The molecule has 3 rings (SSSR count). The van der Waals surface area contributed by atoms with Crippen molar-refractivity contribution in [2.45, 2.75) is 18.9 Å². The third-order valence-corrected chi connectivity index (χ3v) is 3.45. The summed E-state index contributed by atoms with van der Waals surface area (Å²) < 4.78 is 15.5. The zero-order valence-corrected chi connectivity index (χ0v) is 10.3. The Morgan fingerprint density at radius 1 is 1.47 bits per heavy atom. The smallest absolute Gasteiger partial charge is 0.143 e. The lowest BCUT2D eigenvalue weighted by Gasteiger charge is -2.15. The van der Waals surface area contributed by atoms with Crippen molar-refractivity contribution in [2.75, 3.05) is 6.54 Å². The van der Waals surface area contributed by atoms with Gasteiger partial charge in [0.25, 0.3) is 0 Å². The van der Waals surface area contributed by atoms with E-state index in [0.717, 1.165) is 25.1 Å². The largest absolute Gasteiger partial charge is 0.309 e. The van der Waals surface area contributed by atoms with Gasteiger partial charge >= 0.3 is 0 Å². The summed E-state index contributed by atoms with van der Waals surface area (Å²) in [5, 5.41) is 12.5. The molecular formula is C14H13FN4. The van der Waals surface area contributed by atoms with Crippen molar-refractivity contribution >= 4 is 0 Å². The fraction of sp³-hybridized carbons (Fsp3) is 0.286. The molecule has 1 aromatic heterocycles. The topological polar surface area (TPSA) is 53.6 Å². The number of imidazole rings is 1. The first-order valence-electron chi connectivity index (χ1n) is 6.26. The normalized spacial score (nSPS) is 18.4. The van der Waals surface area contributed by atoms with Crippen LogP contribution in [-0.4, -0.2) is 16.1 Å². The zero-order chi connectivity index (χ0) is 13.2. The summed E-state index contributed by atoms with van der Waals surface area (Å²) >= 11 is 0. The first-order valence-corrected chi connectivity index (χ1v) is 6.26. The molecule has 0 aliphatic carbocycles. The molecule has 1 aliphatic rings. The highest BCUT2D eigenvalue weighted by Crippen LogP contribution is 2.26. The standard InChI is InChI=1S/C14H13FN4/c15-11-3-1-5-13(10(11)7-16)19-9-17-8-14(19)12-4-2-6-18-12/h1,3,5,8-9,12,18H,2,4,6H2. The Balaban J connectivity index is 2.11. The highest BCUT2D eigenvalue weighted by atomic mass is 19.1. The van der Waals surface area contributed by atoms with Crippen molar-refractivity contribution in [3.8, 4) is 11.8 Å². The van der Waals surface area contributed by atoms with Crippen molar-refractivity contribution in [1.29, 1.82) is 5.26 Å². The van der Waals surface area contributed by atoms with Crippen molar-refractivity contribution in [3.63, 3.8) is 0 Å². The number of nitriles is 1. The molecule has 1 unspecified atom stereocenters. The van der Waals surface area contributed by atoms with Gasteiger partial charge in [-0.2, -0.15) is 5.26 Å². The molecule has 0 saturated carbocycles. The number of nitrogens with one attached hydrogen (secondary N) is 1. The van der Waals surface area contributed by atoms with Crippen molar-refractivity contribution < 1.29 is 4.39 Å². The molecule has 96 valence electrons. The van der Waals surface area contributed by atoms with E-state index in [2.05, 4.69) is 10.3 Å². The minimum atomic E-state index is -0.501. The van der Waals surface area contributed by atoms with Gasteiger partial charge < -0.3 is 9.88 Å². The Kier molecular flexibility index (Phi) is 3.02. The molecule has 0 bridgehead atoms. The molecule has 4 nitrogen and oxygen atoms in total. The maximum atomic E-state index is 13.7. The number of rotatable bonds is 2. The molecule has 1 aromatic carbocycles. The van der Waals surface area contributed by atoms with Gasteiger partial charge in [-0.15, -0.1) is 0 Å². The van der Waals surface area contributed by atoms with Crippen LogP contribution in [0.4, 0.5) is 4.39 Å². The van der Waals surface area contributed by atoms with Gasteiger partial charge in [0, 0.05) is 6.04 Å². The SMILES string of the molecule is N#Cc1c(F)cccc1-n1cncc1C1CCCN1. The van der Waals surface area contributed by atoms with Gasteiger partial charge in [0.15, 0.2) is 0 Å². The van der Waals surface area contributed by atoms with E-state index in [9.17, 15) is 4.39 Å². The third kappa shape index (κ3) is 2.00. The molecule has 2 aromatic rings. The summed E-state index contributed by atoms with van der Waals surface area (Å²) in [6.07, 6.45) is 5.55. The first-order chi connectivity index (χ1) is 9.31. The van der Waals surface area contributed by atoms with Gasteiger partial charge in [-0.25, -0.2) is 9.37 Å². The number of benzene rings is 1. The van der Waals surface area contributed by atoms with Crippen LogP contribution in [0.5, 0.6) is 0 Å². The van der Waals surface area contributed by atoms with Crippen molar-refractivity contribution in [1.82, 2.24) is 14.9 Å². The van der Waals surface area contributed by atoms with Crippen LogP contribution >= 0.6 is 0 Å². The maximum Gasteiger partial charge on any atom is 0.143 e. The van der Waals surface area contributed by atoms with E-state index in [0.29, 0.717) is 5.69 Å². The minimum absolute atomic E-state index is 0.0553. The second kappa shape index (κ2) is 4.82. The van der Waals surface area contributed by atoms with Crippen LogP contribution in [0.2, 0.25) is 0 Å². The second-order valence-electron chi connectivity index (χ2n) is 4.58. The molecule has 19 heavy (non-hydrogen) atoms. The predicted molar refractivity (Wildman–Crippen MR) is 68.2 cm³/mol. The summed E-state index contributed by atoms with van der Waals surface area (Å²) in [4.78, 5) is 4.14. The van der Waals surface area contributed by atoms with E-state index in [1.54, 1.807) is 29.2 Å². The first kappa shape index (κ1) is 11.9. The number of nitrogens with zero attached hydrogens (tertiary/aromatic N) is 3. The molecule has 2 heterocycles. The fourth-order valence-corrected chi connectivity index (χ4v) is 2.53. The van der Waals surface area contributed by atoms with Gasteiger partial charge in [0.05, 0.1) is 23.9 Å². The third-order valence-electron chi connectivity index (χ3n) is 3.45. The van der Waals surface area contributed by atoms with E-state index in [1.807, 2.05) is 6.07 Å². The number of halogens is 1. The molecule has 1 saturated heterocycles. The lowest BCUT2D eigenvalue weighted by atomic mass is 10.1. The summed E-state index contributed by atoms with van der Waals surface area (Å²) in [6.45, 7) is 0.976. The lowest BCUT2D eigenvalue weighted by molar-refractivity contribution is 0.607. The predicted octanol–water partition coefficient (Wildman–Crippen LogP) is 2.31. The summed E-state index contributed by atoms with van der Waals surface area (Å²) in [5.74, 6) is -0.501. The molecule has 0 spiro atoms. The summed E-state index contributed by atoms with van der Waals surface area (Å²) in [6, 6.07) is 6.79.